The first-order chi connectivity index (χ1) is 11.5. The molecule has 0 aliphatic heterocycles. The van der Waals surface area contributed by atoms with Gasteiger partial charge in [0.15, 0.2) is 11.7 Å². The molecule has 24 heavy (non-hydrogen) atoms. The fourth-order valence-electron chi connectivity index (χ4n) is 1.98. The van der Waals surface area contributed by atoms with Crippen molar-refractivity contribution in [1.29, 1.82) is 0 Å². The van der Waals surface area contributed by atoms with Crippen LogP contribution in [0.1, 0.15) is 30.0 Å². The predicted octanol–water partition coefficient (Wildman–Crippen LogP) is 2.69. The third-order valence-corrected chi connectivity index (χ3v) is 4.41. The number of ether oxygens (including phenoxy) is 1. The van der Waals surface area contributed by atoms with Gasteiger partial charge in [-0.3, -0.25) is 4.99 Å². The summed E-state index contributed by atoms with van der Waals surface area (Å²) in [5.41, 5.74) is -0.823. The Hall–Kier alpha value is -1.35. The molecule has 136 valence electrons. The van der Waals surface area contributed by atoms with Gasteiger partial charge in [-0.2, -0.15) is 13.2 Å². The van der Waals surface area contributed by atoms with Crippen LogP contribution in [0.4, 0.5) is 13.2 Å². The summed E-state index contributed by atoms with van der Waals surface area (Å²) in [7, 11) is 1.66. The number of nitrogens with zero attached hydrogens (tertiary/aromatic N) is 2. The van der Waals surface area contributed by atoms with Gasteiger partial charge < -0.3 is 15.4 Å². The summed E-state index contributed by atoms with van der Waals surface area (Å²) in [4.78, 5) is 7.67. The van der Waals surface area contributed by atoms with E-state index in [9.17, 15) is 13.2 Å². The van der Waals surface area contributed by atoms with Gasteiger partial charge in [0, 0.05) is 45.2 Å². The van der Waals surface area contributed by atoms with Gasteiger partial charge in [0.05, 0.1) is 5.01 Å². The molecule has 1 aliphatic carbocycles. The van der Waals surface area contributed by atoms with Crippen LogP contribution in [0, 0.1) is 5.92 Å². The monoisotopic (exact) mass is 364 g/mol. The lowest BCUT2D eigenvalue weighted by Crippen LogP contribution is -2.39. The maximum absolute atomic E-state index is 12.5. The molecule has 1 aromatic heterocycles. The van der Waals surface area contributed by atoms with Gasteiger partial charge in [-0.1, -0.05) is 0 Å². The number of rotatable bonds is 9. The van der Waals surface area contributed by atoms with Gasteiger partial charge in [-0.05, 0) is 25.2 Å². The Morgan fingerprint density at radius 2 is 2.12 bits per heavy atom. The third-order valence-electron chi connectivity index (χ3n) is 3.51. The lowest BCUT2D eigenvalue weighted by Gasteiger charge is -2.11. The molecule has 0 unspecified atom stereocenters. The second-order valence-corrected chi connectivity index (χ2v) is 6.61. The molecule has 0 bridgehead atoms. The van der Waals surface area contributed by atoms with E-state index >= 15 is 0 Å². The number of guanidine groups is 1. The molecule has 2 rings (SSSR count). The Bertz CT molecular complexity index is 529. The average molecular weight is 364 g/mol. The highest BCUT2D eigenvalue weighted by Crippen LogP contribution is 2.30. The second kappa shape index (κ2) is 9.22. The Balaban J connectivity index is 1.56. The van der Waals surface area contributed by atoms with Crippen LogP contribution in [0.25, 0.3) is 0 Å². The number of halogens is 3. The van der Waals surface area contributed by atoms with Crippen LogP contribution in [0.15, 0.2) is 10.4 Å². The van der Waals surface area contributed by atoms with E-state index in [1.54, 1.807) is 7.05 Å². The van der Waals surface area contributed by atoms with Crippen molar-refractivity contribution in [3.05, 3.63) is 16.1 Å². The van der Waals surface area contributed by atoms with Crippen LogP contribution in [-0.2, 0) is 17.3 Å². The van der Waals surface area contributed by atoms with E-state index < -0.39 is 11.9 Å². The minimum Gasteiger partial charge on any atom is -0.381 e. The molecule has 5 nitrogen and oxygen atoms in total. The molecule has 1 fully saturated rings. The van der Waals surface area contributed by atoms with E-state index in [1.165, 1.54) is 12.8 Å². The fourth-order valence-corrected chi connectivity index (χ4v) is 2.78. The van der Waals surface area contributed by atoms with E-state index in [1.807, 2.05) is 0 Å². The fraction of sp³-hybridized carbons (Fsp3) is 0.733. The number of nitrogens with one attached hydrogen (secondary N) is 2. The van der Waals surface area contributed by atoms with Crippen molar-refractivity contribution in [3.8, 4) is 0 Å². The molecule has 1 aromatic rings. The van der Waals surface area contributed by atoms with Crippen molar-refractivity contribution >= 4 is 17.3 Å². The number of aliphatic imine (C=N–C) groups is 1. The molecule has 0 amide bonds. The molecule has 0 aromatic carbocycles. The normalized spacial score (nSPS) is 15.6. The molecule has 1 aliphatic rings. The van der Waals surface area contributed by atoms with Crippen LogP contribution in [-0.4, -0.2) is 44.3 Å². The zero-order valence-electron chi connectivity index (χ0n) is 13.7. The average Bonchev–Trinajstić information content (AvgIpc) is 3.23. The summed E-state index contributed by atoms with van der Waals surface area (Å²) >= 11 is 1.02. The van der Waals surface area contributed by atoms with E-state index in [0.717, 1.165) is 48.8 Å². The highest BCUT2D eigenvalue weighted by molar-refractivity contribution is 7.09. The largest absolute Gasteiger partial charge is 0.434 e. The van der Waals surface area contributed by atoms with Crippen LogP contribution in [0.2, 0.25) is 0 Å². The van der Waals surface area contributed by atoms with Gasteiger partial charge in [0.1, 0.15) is 0 Å². The Morgan fingerprint density at radius 3 is 2.75 bits per heavy atom. The summed E-state index contributed by atoms with van der Waals surface area (Å²) in [6.45, 7) is 2.79. The lowest BCUT2D eigenvalue weighted by molar-refractivity contribution is -0.140. The van der Waals surface area contributed by atoms with Crippen molar-refractivity contribution in [2.45, 2.75) is 31.9 Å². The minimum atomic E-state index is -4.37. The Kier molecular flexibility index (Phi) is 7.29. The number of aromatic nitrogens is 1. The van der Waals surface area contributed by atoms with E-state index in [2.05, 4.69) is 20.6 Å². The van der Waals surface area contributed by atoms with E-state index in [0.29, 0.717) is 23.9 Å². The van der Waals surface area contributed by atoms with Crippen LogP contribution < -0.4 is 10.6 Å². The topological polar surface area (TPSA) is 58.5 Å². The summed E-state index contributed by atoms with van der Waals surface area (Å²) in [6, 6.07) is 0. The van der Waals surface area contributed by atoms with Gasteiger partial charge in [-0.25, -0.2) is 4.98 Å². The highest BCUT2D eigenvalue weighted by atomic mass is 32.1. The van der Waals surface area contributed by atoms with Crippen molar-refractivity contribution in [3.63, 3.8) is 0 Å². The summed E-state index contributed by atoms with van der Waals surface area (Å²) in [5.74, 6) is 1.40. The quantitative estimate of drug-likeness (QED) is 0.402. The van der Waals surface area contributed by atoms with Gasteiger partial charge >= 0.3 is 6.18 Å². The predicted molar refractivity (Wildman–Crippen MR) is 88.3 cm³/mol. The SMILES string of the molecule is CN=C(NCCCOCC1CC1)NCCc1nc(C(F)(F)F)cs1. The number of alkyl halides is 3. The second-order valence-electron chi connectivity index (χ2n) is 5.67. The number of hydrogen-bond donors (Lipinski definition) is 2. The first-order valence-corrected chi connectivity index (χ1v) is 8.91. The smallest absolute Gasteiger partial charge is 0.381 e. The molecular formula is C15H23F3N4OS. The molecular weight excluding hydrogens is 341 g/mol. The highest BCUT2D eigenvalue weighted by Gasteiger charge is 2.33. The summed E-state index contributed by atoms with van der Waals surface area (Å²) in [6.07, 6.45) is -0.487. The van der Waals surface area contributed by atoms with Crippen molar-refractivity contribution < 1.29 is 17.9 Å². The van der Waals surface area contributed by atoms with Crippen molar-refractivity contribution in [2.24, 2.45) is 10.9 Å². The molecule has 0 spiro atoms. The first kappa shape index (κ1) is 19.0. The van der Waals surface area contributed by atoms with E-state index in [-0.39, 0.29) is 0 Å². The van der Waals surface area contributed by atoms with Gasteiger partial charge in [0.25, 0.3) is 0 Å². The Morgan fingerprint density at radius 1 is 1.38 bits per heavy atom. The number of thiazole rings is 1. The van der Waals surface area contributed by atoms with Gasteiger partial charge in [-0.15, -0.1) is 11.3 Å². The van der Waals surface area contributed by atoms with Crippen LogP contribution >= 0.6 is 11.3 Å². The lowest BCUT2D eigenvalue weighted by atomic mass is 10.4. The summed E-state index contributed by atoms with van der Waals surface area (Å²) in [5, 5.41) is 7.72. The van der Waals surface area contributed by atoms with Crippen molar-refractivity contribution in [1.82, 2.24) is 15.6 Å². The molecule has 0 atom stereocenters. The molecule has 1 heterocycles. The maximum atomic E-state index is 12.5. The van der Waals surface area contributed by atoms with Crippen LogP contribution in [0.5, 0.6) is 0 Å². The maximum Gasteiger partial charge on any atom is 0.434 e. The minimum absolute atomic E-state index is 0.423. The van der Waals surface area contributed by atoms with Crippen molar-refractivity contribution in [2.75, 3.05) is 33.4 Å². The molecule has 0 saturated heterocycles. The summed E-state index contributed by atoms with van der Waals surface area (Å²) < 4.78 is 43.0. The van der Waals surface area contributed by atoms with Crippen LogP contribution in [0.3, 0.4) is 0 Å². The van der Waals surface area contributed by atoms with Gasteiger partial charge in [0.2, 0.25) is 0 Å². The number of hydrogen-bond acceptors (Lipinski definition) is 4. The molecule has 9 heteroatoms. The van der Waals surface area contributed by atoms with E-state index in [4.69, 9.17) is 4.74 Å². The standard InChI is InChI=1S/C15H23F3N4OS/c1-19-14(20-6-2-8-23-9-11-3-4-11)21-7-5-13-22-12(10-24-13)15(16,17)18/h10-11H,2-9H2,1H3,(H2,19,20,21). The zero-order chi connectivity index (χ0) is 17.4. The first-order valence-electron chi connectivity index (χ1n) is 8.03. The third kappa shape index (κ3) is 7.04. The molecule has 0 radical (unpaired) electrons. The zero-order valence-corrected chi connectivity index (χ0v) is 14.5. The molecule has 2 N–H and O–H groups in total. The Labute approximate surface area is 143 Å². The molecule has 1 saturated carbocycles.